The molecule has 4 heterocycles. The number of carbonyl (C=O) groups excluding carboxylic acids is 1. The van der Waals surface area contributed by atoms with E-state index in [4.69, 9.17) is 0 Å². The summed E-state index contributed by atoms with van der Waals surface area (Å²) in [6.07, 6.45) is 7.19. The van der Waals surface area contributed by atoms with Crippen molar-refractivity contribution in [2.75, 3.05) is 5.32 Å². The summed E-state index contributed by atoms with van der Waals surface area (Å²) >= 11 is 0. The number of rotatable bonds is 6. The average Bonchev–Trinajstić information content (AvgIpc) is 3.55. The van der Waals surface area contributed by atoms with Crippen molar-refractivity contribution in [1.82, 2.24) is 29.7 Å². The van der Waals surface area contributed by atoms with Gasteiger partial charge in [-0.15, -0.1) is 10.2 Å². The highest BCUT2D eigenvalue weighted by atomic mass is 16.3. The zero-order valence-electron chi connectivity index (χ0n) is 18.3. The van der Waals surface area contributed by atoms with Crippen LogP contribution in [0.1, 0.15) is 48.9 Å². The summed E-state index contributed by atoms with van der Waals surface area (Å²) in [6.45, 7) is 3.37. The number of aromatic nitrogens is 6. The highest BCUT2D eigenvalue weighted by molar-refractivity contribution is 6.03. The Morgan fingerprint density at radius 3 is 2.70 bits per heavy atom. The van der Waals surface area contributed by atoms with E-state index in [0.717, 1.165) is 24.0 Å². The summed E-state index contributed by atoms with van der Waals surface area (Å²) in [6, 6.07) is 13.0. The molecule has 4 aromatic rings. The van der Waals surface area contributed by atoms with Crippen LogP contribution in [-0.4, -0.2) is 40.7 Å². The first-order valence-corrected chi connectivity index (χ1v) is 10.7. The van der Waals surface area contributed by atoms with E-state index in [1.165, 1.54) is 0 Å². The normalized spacial score (nSPS) is 13.7. The third-order valence-corrected chi connectivity index (χ3v) is 5.45. The van der Waals surface area contributed by atoms with Crippen molar-refractivity contribution in [3.05, 3.63) is 72.6 Å². The van der Waals surface area contributed by atoms with Gasteiger partial charge in [-0.25, -0.2) is 4.98 Å². The molecule has 4 aromatic heterocycles. The van der Waals surface area contributed by atoms with E-state index in [1.807, 2.05) is 22.8 Å². The maximum atomic E-state index is 12.9. The van der Waals surface area contributed by atoms with E-state index in [-0.39, 0.29) is 11.6 Å². The fourth-order valence-electron chi connectivity index (χ4n) is 3.52. The van der Waals surface area contributed by atoms with Gasteiger partial charge < -0.3 is 15.0 Å². The molecule has 0 unspecified atom stereocenters. The predicted molar refractivity (Wildman–Crippen MR) is 122 cm³/mol. The third-order valence-electron chi connectivity index (χ3n) is 5.45. The molecule has 0 saturated heterocycles. The molecule has 2 N–H and O–H groups in total. The van der Waals surface area contributed by atoms with Gasteiger partial charge in [-0.3, -0.25) is 14.8 Å². The van der Waals surface area contributed by atoms with Crippen molar-refractivity contribution in [3.63, 3.8) is 0 Å². The highest BCUT2D eigenvalue weighted by Crippen LogP contribution is 2.37. The summed E-state index contributed by atoms with van der Waals surface area (Å²) < 4.78 is 2.02. The SMILES string of the molecule is CC(C)(O)c1ccc(-c2ccnc(C(=O)Nc3cccc(-c4nncn4C4CC4)n3)c2)cn1. The topological polar surface area (TPSA) is 119 Å². The van der Waals surface area contributed by atoms with Crippen LogP contribution in [0.5, 0.6) is 0 Å². The van der Waals surface area contributed by atoms with Crippen molar-refractivity contribution >= 4 is 11.7 Å². The fourth-order valence-corrected chi connectivity index (χ4v) is 3.52. The highest BCUT2D eigenvalue weighted by Gasteiger charge is 2.27. The van der Waals surface area contributed by atoms with Crippen LogP contribution in [0.3, 0.4) is 0 Å². The van der Waals surface area contributed by atoms with Gasteiger partial charge in [0.05, 0.1) is 5.69 Å². The molecule has 1 aliphatic carbocycles. The Labute approximate surface area is 190 Å². The van der Waals surface area contributed by atoms with Crippen LogP contribution >= 0.6 is 0 Å². The minimum Gasteiger partial charge on any atom is -0.384 e. The van der Waals surface area contributed by atoms with E-state index in [2.05, 4.69) is 30.5 Å². The quantitative estimate of drug-likeness (QED) is 0.469. The largest absolute Gasteiger partial charge is 0.384 e. The maximum Gasteiger partial charge on any atom is 0.275 e. The van der Waals surface area contributed by atoms with Gasteiger partial charge >= 0.3 is 0 Å². The van der Waals surface area contributed by atoms with Gasteiger partial charge in [0.2, 0.25) is 0 Å². The van der Waals surface area contributed by atoms with Crippen LogP contribution < -0.4 is 5.32 Å². The van der Waals surface area contributed by atoms with Crippen LogP contribution in [0, 0.1) is 0 Å². The molecule has 166 valence electrons. The van der Waals surface area contributed by atoms with E-state index in [0.29, 0.717) is 29.1 Å². The first kappa shape index (κ1) is 20.9. The third kappa shape index (κ3) is 4.49. The van der Waals surface area contributed by atoms with Gasteiger partial charge in [0.15, 0.2) is 5.82 Å². The van der Waals surface area contributed by atoms with Crippen molar-refractivity contribution < 1.29 is 9.90 Å². The molecule has 9 heteroatoms. The van der Waals surface area contributed by atoms with E-state index in [1.54, 1.807) is 56.8 Å². The molecule has 0 aliphatic heterocycles. The number of pyridine rings is 3. The van der Waals surface area contributed by atoms with E-state index < -0.39 is 5.60 Å². The second kappa shape index (κ2) is 8.18. The summed E-state index contributed by atoms with van der Waals surface area (Å²) in [5, 5.41) is 21.1. The van der Waals surface area contributed by atoms with Crippen molar-refractivity contribution in [2.24, 2.45) is 0 Å². The lowest BCUT2D eigenvalue weighted by Gasteiger charge is -2.16. The van der Waals surface area contributed by atoms with Crippen LogP contribution in [0.15, 0.2) is 61.2 Å². The van der Waals surface area contributed by atoms with Gasteiger partial charge in [0.1, 0.15) is 29.1 Å². The second-order valence-corrected chi connectivity index (χ2v) is 8.58. The first-order chi connectivity index (χ1) is 15.9. The smallest absolute Gasteiger partial charge is 0.275 e. The lowest BCUT2D eigenvalue weighted by molar-refractivity contribution is 0.0739. The minimum absolute atomic E-state index is 0.257. The molecule has 1 fully saturated rings. The van der Waals surface area contributed by atoms with Crippen molar-refractivity contribution in [3.8, 4) is 22.6 Å². The number of carbonyl (C=O) groups is 1. The average molecular weight is 441 g/mol. The number of nitrogens with zero attached hydrogens (tertiary/aromatic N) is 6. The number of amides is 1. The second-order valence-electron chi connectivity index (χ2n) is 8.58. The molecule has 0 aromatic carbocycles. The van der Waals surface area contributed by atoms with Crippen LogP contribution in [0.2, 0.25) is 0 Å². The molecule has 1 aliphatic rings. The molecule has 0 bridgehead atoms. The first-order valence-electron chi connectivity index (χ1n) is 10.7. The molecule has 0 spiro atoms. The molecular formula is C24H23N7O2. The van der Waals surface area contributed by atoms with Gasteiger partial charge in [-0.2, -0.15) is 0 Å². The lowest BCUT2D eigenvalue weighted by atomic mass is 10.0. The summed E-state index contributed by atoms with van der Waals surface area (Å²) in [5.41, 5.74) is 2.07. The molecule has 1 amide bonds. The molecule has 1 saturated carbocycles. The van der Waals surface area contributed by atoms with Gasteiger partial charge in [-0.05, 0) is 62.6 Å². The Balaban J connectivity index is 1.35. The summed E-state index contributed by atoms with van der Waals surface area (Å²) in [7, 11) is 0. The zero-order valence-corrected chi connectivity index (χ0v) is 18.3. The Kier molecular flexibility index (Phi) is 5.18. The standard InChI is InChI=1S/C24H23N7O2/c1-24(2,33)20-9-6-16(13-26-20)15-10-11-25-19(12-15)23(32)29-21-5-3-4-18(28-21)22-30-27-14-31(22)17-7-8-17/h3-6,9-14,17,33H,7-8H2,1-2H3,(H,28,29,32). The number of hydrogen-bond acceptors (Lipinski definition) is 7. The van der Waals surface area contributed by atoms with Crippen LogP contribution in [0.4, 0.5) is 5.82 Å². The Bertz CT molecular complexity index is 1300. The molecule has 33 heavy (non-hydrogen) atoms. The van der Waals surface area contributed by atoms with Crippen molar-refractivity contribution in [2.45, 2.75) is 38.3 Å². The van der Waals surface area contributed by atoms with E-state index in [9.17, 15) is 9.90 Å². The van der Waals surface area contributed by atoms with Crippen molar-refractivity contribution in [1.29, 1.82) is 0 Å². The minimum atomic E-state index is -1.02. The zero-order chi connectivity index (χ0) is 23.0. The lowest BCUT2D eigenvalue weighted by Crippen LogP contribution is -2.17. The predicted octanol–water partition coefficient (Wildman–Crippen LogP) is 3.61. The van der Waals surface area contributed by atoms with Gasteiger partial charge in [-0.1, -0.05) is 12.1 Å². The summed E-state index contributed by atoms with van der Waals surface area (Å²) in [5.74, 6) is 0.730. The fraction of sp³-hybridized carbons (Fsp3) is 0.250. The number of anilines is 1. The number of hydrogen-bond donors (Lipinski definition) is 2. The molecule has 5 rings (SSSR count). The van der Waals surface area contributed by atoms with Crippen LogP contribution in [0.25, 0.3) is 22.6 Å². The number of aliphatic hydroxyl groups is 1. The Morgan fingerprint density at radius 2 is 1.97 bits per heavy atom. The molecule has 0 atom stereocenters. The monoisotopic (exact) mass is 441 g/mol. The van der Waals surface area contributed by atoms with Crippen LogP contribution in [-0.2, 0) is 5.60 Å². The number of nitrogens with one attached hydrogen (secondary N) is 1. The van der Waals surface area contributed by atoms with Gasteiger partial charge in [0.25, 0.3) is 5.91 Å². The van der Waals surface area contributed by atoms with Gasteiger partial charge in [0, 0.05) is 24.0 Å². The Morgan fingerprint density at radius 1 is 1.12 bits per heavy atom. The molecule has 0 radical (unpaired) electrons. The van der Waals surface area contributed by atoms with E-state index >= 15 is 0 Å². The molecular weight excluding hydrogens is 418 g/mol. The maximum absolute atomic E-state index is 12.9. The summed E-state index contributed by atoms with van der Waals surface area (Å²) in [4.78, 5) is 26.0. The molecule has 9 nitrogen and oxygen atoms in total. The Hall–Kier alpha value is -3.98.